The van der Waals surface area contributed by atoms with Gasteiger partial charge in [0.05, 0.1) is 27.9 Å². The predicted octanol–water partition coefficient (Wildman–Crippen LogP) is 2.11. The van der Waals surface area contributed by atoms with Crippen LogP contribution in [-0.4, -0.2) is 26.4 Å². The zero-order valence-corrected chi connectivity index (χ0v) is 12.3. The van der Waals surface area contributed by atoms with Gasteiger partial charge in [-0.2, -0.15) is 0 Å². The molecule has 4 nitrogen and oxygen atoms in total. The Labute approximate surface area is 123 Å². The normalized spacial score (nSPS) is 34.7. The molecule has 0 aromatic heterocycles. The molecule has 1 aliphatic carbocycles. The summed E-state index contributed by atoms with van der Waals surface area (Å²) in [6.45, 7) is 0. The van der Waals surface area contributed by atoms with Crippen molar-refractivity contribution in [1.82, 2.24) is 0 Å². The largest absolute Gasteiger partial charge is 0.364 e. The lowest BCUT2D eigenvalue weighted by molar-refractivity contribution is -0.126. The average molecular weight is 304 g/mol. The van der Waals surface area contributed by atoms with Crippen LogP contribution >= 0.6 is 0 Å². The maximum absolute atomic E-state index is 12.7. The molecular formula is C16H16O4S. The number of ketones is 1. The van der Waals surface area contributed by atoms with Crippen molar-refractivity contribution >= 4 is 15.6 Å². The second kappa shape index (κ2) is 4.52. The Bertz CT molecular complexity index is 720. The van der Waals surface area contributed by atoms with Crippen molar-refractivity contribution < 1.29 is 17.9 Å². The third kappa shape index (κ3) is 1.84. The summed E-state index contributed by atoms with van der Waals surface area (Å²) in [6, 6.07) is 8.43. The number of carbonyl (C=O) groups is 1. The summed E-state index contributed by atoms with van der Waals surface area (Å²) < 4.78 is 31.3. The summed E-state index contributed by atoms with van der Waals surface area (Å²) in [7, 11) is -3.51. The predicted molar refractivity (Wildman–Crippen MR) is 76.2 cm³/mol. The van der Waals surface area contributed by atoms with E-state index in [0.29, 0.717) is 16.2 Å². The number of hydrogen-bond acceptors (Lipinski definition) is 4. The van der Waals surface area contributed by atoms with Gasteiger partial charge in [-0.1, -0.05) is 18.2 Å². The van der Waals surface area contributed by atoms with Gasteiger partial charge >= 0.3 is 0 Å². The van der Waals surface area contributed by atoms with E-state index in [1.54, 1.807) is 36.4 Å². The molecule has 0 N–H and O–H groups in total. The van der Waals surface area contributed by atoms with Crippen LogP contribution < -0.4 is 0 Å². The average Bonchev–Trinajstić information content (AvgIpc) is 3.08. The van der Waals surface area contributed by atoms with Gasteiger partial charge in [0.2, 0.25) is 9.84 Å². The molecule has 0 spiro atoms. The van der Waals surface area contributed by atoms with Gasteiger partial charge in [-0.05, 0) is 31.1 Å². The molecule has 3 aliphatic rings. The van der Waals surface area contributed by atoms with Crippen LogP contribution in [0.4, 0.5) is 0 Å². The second-order valence-corrected chi connectivity index (χ2v) is 7.90. The highest BCUT2D eigenvalue weighted by atomic mass is 32.2. The summed E-state index contributed by atoms with van der Waals surface area (Å²) in [4.78, 5) is 12.7. The van der Waals surface area contributed by atoms with Crippen molar-refractivity contribution in [3.05, 3.63) is 41.3 Å². The molecule has 2 fully saturated rings. The first-order chi connectivity index (χ1) is 10.1. The molecule has 1 saturated heterocycles. The Hall–Kier alpha value is -1.46. The molecule has 1 saturated carbocycles. The van der Waals surface area contributed by atoms with Gasteiger partial charge in [-0.3, -0.25) is 4.79 Å². The van der Waals surface area contributed by atoms with Gasteiger partial charge in [-0.15, -0.1) is 0 Å². The molecule has 2 aliphatic heterocycles. The first-order valence-electron chi connectivity index (χ1n) is 7.29. The van der Waals surface area contributed by atoms with Crippen molar-refractivity contribution in [2.75, 3.05) is 0 Å². The minimum atomic E-state index is -3.51. The Kier molecular flexibility index (Phi) is 2.84. The van der Waals surface area contributed by atoms with Gasteiger partial charge in [0, 0.05) is 12.3 Å². The fourth-order valence-corrected chi connectivity index (χ4v) is 5.51. The van der Waals surface area contributed by atoms with Crippen molar-refractivity contribution in [2.24, 2.45) is 11.8 Å². The number of rotatable bonds is 2. The van der Waals surface area contributed by atoms with E-state index in [2.05, 4.69) is 0 Å². The van der Waals surface area contributed by atoms with Crippen molar-refractivity contribution in [2.45, 2.75) is 36.4 Å². The summed E-state index contributed by atoms with van der Waals surface area (Å²) in [5.41, 5.74) is 0. The van der Waals surface area contributed by atoms with Gasteiger partial charge in [0.1, 0.15) is 5.78 Å². The van der Waals surface area contributed by atoms with E-state index in [1.165, 1.54) is 0 Å². The number of benzene rings is 1. The van der Waals surface area contributed by atoms with Gasteiger partial charge in [-0.25, -0.2) is 8.42 Å². The smallest absolute Gasteiger partial charge is 0.205 e. The van der Waals surface area contributed by atoms with Crippen LogP contribution in [0.3, 0.4) is 0 Å². The molecule has 2 heterocycles. The Morgan fingerprint density at radius 3 is 2.67 bits per heavy atom. The molecule has 0 amide bonds. The number of Topliss-reactive ketones (excluding diaryl/α,β-unsaturated/α-hetero) is 1. The number of fused-ring (bicyclic) bond motifs is 5. The number of ether oxygens (including phenoxy) is 1. The molecule has 21 heavy (non-hydrogen) atoms. The molecule has 4 rings (SSSR count). The van der Waals surface area contributed by atoms with Crippen molar-refractivity contribution in [3.8, 4) is 0 Å². The van der Waals surface area contributed by atoms with E-state index in [9.17, 15) is 13.2 Å². The standard InChI is InChI=1S/C16H16O4S/c17-12-8-4-7-11-15(12)13-9-14(16(11)20-13)21(18,19)10-5-2-1-3-6-10/h1-3,5-6,9,11,13,15-16H,4,7-8H2/t11-,13-,15-,16-/m1/s1. The van der Waals surface area contributed by atoms with E-state index < -0.39 is 15.9 Å². The SMILES string of the molecule is O=C1CCC[C@@H]2[C@H]1[C@H]1C=C(S(=O)(=O)c3ccccc3)[C@@H]2O1. The molecule has 2 bridgehead atoms. The monoisotopic (exact) mass is 304 g/mol. The summed E-state index contributed by atoms with van der Waals surface area (Å²) in [6.07, 6.45) is 3.19. The van der Waals surface area contributed by atoms with Crippen LogP contribution in [0.1, 0.15) is 19.3 Å². The number of hydrogen-bond donors (Lipinski definition) is 0. The van der Waals surface area contributed by atoms with E-state index >= 15 is 0 Å². The third-order valence-corrected chi connectivity index (χ3v) is 6.69. The van der Waals surface area contributed by atoms with Crippen molar-refractivity contribution in [1.29, 1.82) is 0 Å². The zero-order valence-electron chi connectivity index (χ0n) is 11.4. The van der Waals surface area contributed by atoms with Crippen LogP contribution in [0, 0.1) is 11.8 Å². The number of sulfone groups is 1. The summed E-state index contributed by atoms with van der Waals surface area (Å²) >= 11 is 0. The highest BCUT2D eigenvalue weighted by Crippen LogP contribution is 2.50. The lowest BCUT2D eigenvalue weighted by atomic mass is 9.72. The zero-order chi connectivity index (χ0) is 14.6. The van der Waals surface area contributed by atoms with E-state index in [1.807, 2.05) is 0 Å². The Balaban J connectivity index is 1.74. The molecule has 4 atom stereocenters. The van der Waals surface area contributed by atoms with E-state index in [4.69, 9.17) is 4.74 Å². The van der Waals surface area contributed by atoms with Gasteiger partial charge in [0.15, 0.2) is 0 Å². The first kappa shape index (κ1) is 13.2. The van der Waals surface area contributed by atoms with Crippen molar-refractivity contribution in [3.63, 3.8) is 0 Å². The van der Waals surface area contributed by atoms with Crippen LogP contribution in [0.2, 0.25) is 0 Å². The van der Waals surface area contributed by atoms with Crippen LogP contribution in [-0.2, 0) is 19.4 Å². The summed E-state index contributed by atoms with van der Waals surface area (Å²) in [5, 5.41) is 0. The molecule has 0 radical (unpaired) electrons. The second-order valence-electron chi connectivity index (χ2n) is 5.96. The maximum Gasteiger partial charge on any atom is 0.205 e. The highest BCUT2D eigenvalue weighted by molar-refractivity contribution is 7.95. The molecule has 1 aromatic carbocycles. The minimum absolute atomic E-state index is 0.0368. The molecule has 1 aromatic rings. The quantitative estimate of drug-likeness (QED) is 0.839. The molecular weight excluding hydrogens is 288 g/mol. The lowest BCUT2D eigenvalue weighted by Gasteiger charge is -2.30. The van der Waals surface area contributed by atoms with Crippen LogP contribution in [0.5, 0.6) is 0 Å². The van der Waals surface area contributed by atoms with Gasteiger partial charge in [0.25, 0.3) is 0 Å². The van der Waals surface area contributed by atoms with Gasteiger partial charge < -0.3 is 4.74 Å². The topological polar surface area (TPSA) is 60.4 Å². The van der Waals surface area contributed by atoms with Crippen LogP contribution in [0.15, 0.2) is 46.2 Å². The maximum atomic E-state index is 12.7. The van der Waals surface area contributed by atoms with Crippen LogP contribution in [0.25, 0.3) is 0 Å². The fraction of sp³-hybridized carbons (Fsp3) is 0.438. The Morgan fingerprint density at radius 2 is 1.90 bits per heavy atom. The Morgan fingerprint density at radius 1 is 1.14 bits per heavy atom. The molecule has 0 unspecified atom stereocenters. The fourth-order valence-electron chi connectivity index (χ4n) is 3.87. The van der Waals surface area contributed by atoms with E-state index in [0.717, 1.165) is 12.8 Å². The van der Waals surface area contributed by atoms with E-state index in [-0.39, 0.29) is 23.7 Å². The third-order valence-electron chi connectivity index (χ3n) is 4.81. The summed E-state index contributed by atoms with van der Waals surface area (Å²) in [5.74, 6) is 0.138. The molecule has 5 heteroatoms. The number of carbonyl (C=O) groups excluding carboxylic acids is 1. The molecule has 110 valence electrons. The minimum Gasteiger partial charge on any atom is -0.364 e. The highest BCUT2D eigenvalue weighted by Gasteiger charge is 2.56. The lowest BCUT2D eigenvalue weighted by Crippen LogP contribution is -2.37. The first-order valence-corrected chi connectivity index (χ1v) is 8.77.